The minimum atomic E-state index is 0.393. The van der Waals surface area contributed by atoms with Crippen molar-refractivity contribution in [2.75, 3.05) is 0 Å². The Morgan fingerprint density at radius 2 is 2.36 bits per heavy atom. The fourth-order valence-corrected chi connectivity index (χ4v) is 1.63. The number of nitrogens with one attached hydrogen (secondary N) is 1. The third-order valence-corrected chi connectivity index (χ3v) is 2.43. The summed E-state index contributed by atoms with van der Waals surface area (Å²) >= 11 is 5.84. The predicted molar refractivity (Wildman–Crippen MR) is 54.4 cm³/mol. The molecule has 0 fully saturated rings. The highest BCUT2D eigenvalue weighted by Gasteiger charge is 2.06. The maximum Gasteiger partial charge on any atom is 0.0885 e. The number of aromatic nitrogens is 2. The van der Waals surface area contributed by atoms with E-state index in [0.717, 1.165) is 16.7 Å². The lowest BCUT2D eigenvalue weighted by Gasteiger charge is -2.01. The van der Waals surface area contributed by atoms with Crippen LogP contribution in [0.2, 0.25) is 5.02 Å². The van der Waals surface area contributed by atoms with Crippen molar-refractivity contribution >= 4 is 22.6 Å². The lowest BCUT2D eigenvalue weighted by molar-refractivity contribution is 0.159. The van der Waals surface area contributed by atoms with E-state index in [1.165, 1.54) is 0 Å². The van der Waals surface area contributed by atoms with Crippen molar-refractivity contribution in [1.29, 1.82) is 0 Å². The SMILES string of the molecule is Cn1c(CNO)cc2ncc(Cl)cc21. The van der Waals surface area contributed by atoms with Crippen LogP contribution in [0.3, 0.4) is 0 Å². The van der Waals surface area contributed by atoms with Gasteiger partial charge in [-0.2, -0.15) is 5.48 Å². The highest BCUT2D eigenvalue weighted by Crippen LogP contribution is 2.19. The molecule has 0 aliphatic rings. The van der Waals surface area contributed by atoms with Gasteiger partial charge in [0.25, 0.3) is 0 Å². The van der Waals surface area contributed by atoms with Crippen LogP contribution in [0, 0.1) is 0 Å². The number of fused-ring (bicyclic) bond motifs is 1. The number of aryl methyl sites for hydroxylation is 1. The highest BCUT2D eigenvalue weighted by molar-refractivity contribution is 6.31. The molecule has 2 rings (SSSR count). The molecule has 0 aliphatic carbocycles. The molecule has 0 amide bonds. The van der Waals surface area contributed by atoms with Crippen LogP contribution in [-0.2, 0) is 13.6 Å². The quantitative estimate of drug-likeness (QED) is 0.744. The van der Waals surface area contributed by atoms with Crippen LogP contribution < -0.4 is 5.48 Å². The Balaban J connectivity index is 2.62. The molecule has 2 aromatic rings. The van der Waals surface area contributed by atoms with E-state index in [4.69, 9.17) is 16.8 Å². The van der Waals surface area contributed by atoms with E-state index in [1.54, 1.807) is 6.20 Å². The zero-order chi connectivity index (χ0) is 10.1. The van der Waals surface area contributed by atoms with Crippen LogP contribution in [0.4, 0.5) is 0 Å². The summed E-state index contributed by atoms with van der Waals surface area (Å²) < 4.78 is 1.94. The van der Waals surface area contributed by atoms with E-state index in [0.29, 0.717) is 11.6 Å². The maximum absolute atomic E-state index is 8.61. The topological polar surface area (TPSA) is 50.1 Å². The van der Waals surface area contributed by atoms with E-state index in [2.05, 4.69) is 10.5 Å². The molecular weight excluding hydrogens is 202 g/mol. The number of nitrogens with zero attached hydrogens (tertiary/aromatic N) is 2. The van der Waals surface area contributed by atoms with Gasteiger partial charge in [-0.05, 0) is 12.1 Å². The maximum atomic E-state index is 8.61. The second-order valence-electron chi connectivity index (χ2n) is 3.09. The van der Waals surface area contributed by atoms with Crippen LogP contribution in [0.25, 0.3) is 11.0 Å². The summed E-state index contributed by atoms with van der Waals surface area (Å²) in [5.41, 5.74) is 4.91. The first-order chi connectivity index (χ1) is 6.72. The molecule has 0 unspecified atom stereocenters. The van der Waals surface area contributed by atoms with Gasteiger partial charge in [-0.3, -0.25) is 4.98 Å². The van der Waals surface area contributed by atoms with Crippen LogP contribution >= 0.6 is 11.6 Å². The zero-order valence-corrected chi connectivity index (χ0v) is 8.41. The fraction of sp³-hybridized carbons (Fsp3) is 0.222. The van der Waals surface area contributed by atoms with Gasteiger partial charge in [-0.1, -0.05) is 11.6 Å². The van der Waals surface area contributed by atoms with Crippen molar-refractivity contribution in [2.45, 2.75) is 6.54 Å². The van der Waals surface area contributed by atoms with Crippen LogP contribution in [0.5, 0.6) is 0 Å². The van der Waals surface area contributed by atoms with Crippen LogP contribution in [0.1, 0.15) is 5.69 Å². The molecule has 0 atom stereocenters. The lowest BCUT2D eigenvalue weighted by Crippen LogP contribution is -2.09. The van der Waals surface area contributed by atoms with E-state index < -0.39 is 0 Å². The van der Waals surface area contributed by atoms with Crippen LogP contribution in [-0.4, -0.2) is 14.8 Å². The third kappa shape index (κ3) is 1.48. The molecule has 2 N–H and O–H groups in total. The first-order valence-corrected chi connectivity index (χ1v) is 4.57. The molecule has 4 nitrogen and oxygen atoms in total. The Morgan fingerprint density at radius 1 is 1.57 bits per heavy atom. The number of halogens is 1. The monoisotopic (exact) mass is 211 g/mol. The van der Waals surface area contributed by atoms with Gasteiger partial charge >= 0.3 is 0 Å². The Morgan fingerprint density at radius 3 is 3.07 bits per heavy atom. The van der Waals surface area contributed by atoms with Crippen LogP contribution in [0.15, 0.2) is 18.3 Å². The van der Waals surface area contributed by atoms with Gasteiger partial charge in [0.1, 0.15) is 0 Å². The largest absolute Gasteiger partial charge is 0.345 e. The molecule has 0 saturated heterocycles. The Hall–Kier alpha value is -1.10. The Kier molecular flexibility index (Phi) is 2.41. The van der Waals surface area contributed by atoms with Gasteiger partial charge in [-0.25, -0.2) is 0 Å². The minimum Gasteiger partial charge on any atom is -0.345 e. The van der Waals surface area contributed by atoms with Gasteiger partial charge in [-0.15, -0.1) is 0 Å². The molecule has 0 spiro atoms. The van der Waals surface area contributed by atoms with Crippen molar-refractivity contribution in [1.82, 2.24) is 15.0 Å². The predicted octanol–water partition coefficient (Wildman–Crippen LogP) is 1.71. The van der Waals surface area contributed by atoms with Crippen molar-refractivity contribution in [2.24, 2.45) is 7.05 Å². The third-order valence-electron chi connectivity index (χ3n) is 2.22. The Labute approximate surface area is 86.1 Å². The van der Waals surface area contributed by atoms with E-state index in [9.17, 15) is 0 Å². The minimum absolute atomic E-state index is 0.393. The van der Waals surface area contributed by atoms with E-state index in [1.807, 2.05) is 23.7 Å². The number of pyridine rings is 1. The standard InChI is InChI=1S/C9H10ClN3O/c1-13-7(5-12-14)3-8-9(13)2-6(10)4-11-8/h2-4,12,14H,5H2,1H3. The molecule has 0 aliphatic heterocycles. The zero-order valence-electron chi connectivity index (χ0n) is 7.66. The molecule has 0 bridgehead atoms. The summed E-state index contributed by atoms with van der Waals surface area (Å²) in [4.78, 5) is 4.18. The average Bonchev–Trinajstić information content (AvgIpc) is 2.46. The normalized spacial score (nSPS) is 11.1. The first kappa shape index (κ1) is 9.45. The number of hydroxylamine groups is 1. The van der Waals surface area contributed by atoms with Crippen molar-refractivity contribution in [3.63, 3.8) is 0 Å². The second-order valence-corrected chi connectivity index (χ2v) is 3.52. The smallest absolute Gasteiger partial charge is 0.0885 e. The van der Waals surface area contributed by atoms with Gasteiger partial charge < -0.3 is 9.77 Å². The summed E-state index contributed by atoms with van der Waals surface area (Å²) in [6.07, 6.45) is 1.61. The summed E-state index contributed by atoms with van der Waals surface area (Å²) in [6.45, 7) is 0.393. The number of hydrogen-bond donors (Lipinski definition) is 2. The van der Waals surface area contributed by atoms with E-state index >= 15 is 0 Å². The number of hydrogen-bond acceptors (Lipinski definition) is 3. The van der Waals surface area contributed by atoms with Gasteiger partial charge in [0.15, 0.2) is 0 Å². The summed E-state index contributed by atoms with van der Waals surface area (Å²) in [5, 5.41) is 9.23. The second kappa shape index (κ2) is 3.57. The molecule has 14 heavy (non-hydrogen) atoms. The highest BCUT2D eigenvalue weighted by atomic mass is 35.5. The number of rotatable bonds is 2. The van der Waals surface area contributed by atoms with Crippen molar-refractivity contribution < 1.29 is 5.21 Å². The molecule has 0 saturated carbocycles. The van der Waals surface area contributed by atoms with Crippen molar-refractivity contribution in [3.8, 4) is 0 Å². The first-order valence-electron chi connectivity index (χ1n) is 4.19. The summed E-state index contributed by atoms with van der Waals surface area (Å²) in [7, 11) is 1.91. The molecule has 5 heteroatoms. The summed E-state index contributed by atoms with van der Waals surface area (Å²) in [6, 6.07) is 3.76. The van der Waals surface area contributed by atoms with Gasteiger partial charge in [0.05, 0.1) is 22.6 Å². The molecule has 0 aromatic carbocycles. The van der Waals surface area contributed by atoms with Crippen molar-refractivity contribution in [3.05, 3.63) is 29.0 Å². The molecule has 2 heterocycles. The van der Waals surface area contributed by atoms with E-state index in [-0.39, 0.29) is 0 Å². The lowest BCUT2D eigenvalue weighted by atomic mass is 10.4. The van der Waals surface area contributed by atoms with Gasteiger partial charge in [0.2, 0.25) is 0 Å². The fourth-order valence-electron chi connectivity index (χ4n) is 1.48. The molecular formula is C9H10ClN3O. The van der Waals surface area contributed by atoms with Gasteiger partial charge in [0, 0.05) is 18.9 Å². The Bertz CT molecular complexity index is 466. The molecule has 2 aromatic heterocycles. The summed E-state index contributed by atoms with van der Waals surface area (Å²) in [5.74, 6) is 0. The average molecular weight is 212 g/mol. The molecule has 0 radical (unpaired) electrons. The molecule has 74 valence electrons.